The number of aryl methyl sites for hydroxylation is 2. The van der Waals surface area contributed by atoms with Crippen LogP contribution in [0.15, 0.2) is 0 Å². The highest BCUT2D eigenvalue weighted by Gasteiger charge is 2.17. The number of nitrogens with zero attached hydrogens (tertiary/aromatic N) is 2. The maximum atomic E-state index is 11.3. The Morgan fingerprint density at radius 1 is 1.50 bits per heavy atom. The van der Waals surface area contributed by atoms with Crippen molar-refractivity contribution in [3.8, 4) is 0 Å². The number of methoxy groups -OCH3 is 1. The highest BCUT2D eigenvalue weighted by molar-refractivity contribution is 6.32. The molecular weight excluding hydrogens is 204 g/mol. The smallest absolute Gasteiger partial charge is 0.342 e. The van der Waals surface area contributed by atoms with E-state index < -0.39 is 5.97 Å². The number of aromatic nitrogens is 2. The van der Waals surface area contributed by atoms with E-state index in [0.29, 0.717) is 17.9 Å². The van der Waals surface area contributed by atoms with Gasteiger partial charge in [0, 0.05) is 6.42 Å². The zero-order valence-electron chi connectivity index (χ0n) is 8.30. The highest BCUT2D eigenvalue weighted by atomic mass is 35.5. The van der Waals surface area contributed by atoms with Crippen molar-refractivity contribution < 1.29 is 9.53 Å². The van der Waals surface area contributed by atoms with Crippen molar-refractivity contribution in [2.75, 3.05) is 7.11 Å². The minimum Gasteiger partial charge on any atom is -0.465 e. The number of hydrogen-bond donors (Lipinski definition) is 0. The Balaban J connectivity index is 3.25. The van der Waals surface area contributed by atoms with Crippen molar-refractivity contribution in [1.82, 2.24) is 9.97 Å². The van der Waals surface area contributed by atoms with Crippen molar-refractivity contribution in [2.45, 2.75) is 20.3 Å². The first-order chi connectivity index (χ1) is 6.60. The van der Waals surface area contributed by atoms with Crippen LogP contribution in [0.25, 0.3) is 0 Å². The summed E-state index contributed by atoms with van der Waals surface area (Å²) in [4.78, 5) is 19.4. The second-order valence-electron chi connectivity index (χ2n) is 2.74. The maximum absolute atomic E-state index is 11.3. The lowest BCUT2D eigenvalue weighted by atomic mass is 10.2. The van der Waals surface area contributed by atoms with Crippen LogP contribution in [0.2, 0.25) is 5.15 Å². The molecule has 1 heterocycles. The number of carbonyl (C=O) groups is 1. The lowest BCUT2D eigenvalue weighted by molar-refractivity contribution is 0.0599. The summed E-state index contributed by atoms with van der Waals surface area (Å²) in [7, 11) is 1.30. The molecule has 0 N–H and O–H groups in total. The van der Waals surface area contributed by atoms with Gasteiger partial charge in [-0.05, 0) is 6.92 Å². The molecule has 0 unspecified atom stereocenters. The fourth-order valence-electron chi connectivity index (χ4n) is 1.09. The van der Waals surface area contributed by atoms with Crippen molar-refractivity contribution >= 4 is 17.6 Å². The van der Waals surface area contributed by atoms with E-state index in [-0.39, 0.29) is 10.7 Å². The van der Waals surface area contributed by atoms with E-state index in [9.17, 15) is 4.79 Å². The van der Waals surface area contributed by atoms with Crippen LogP contribution < -0.4 is 0 Å². The molecule has 1 aromatic heterocycles. The van der Waals surface area contributed by atoms with Crippen molar-refractivity contribution in [3.05, 3.63) is 22.2 Å². The molecule has 0 aliphatic carbocycles. The number of rotatable bonds is 2. The van der Waals surface area contributed by atoms with E-state index >= 15 is 0 Å². The second-order valence-corrected chi connectivity index (χ2v) is 3.09. The van der Waals surface area contributed by atoms with Crippen LogP contribution in [0.1, 0.15) is 28.8 Å². The van der Waals surface area contributed by atoms with Gasteiger partial charge in [0.05, 0.1) is 12.8 Å². The summed E-state index contributed by atoms with van der Waals surface area (Å²) in [6, 6.07) is 0. The summed E-state index contributed by atoms with van der Waals surface area (Å²) in [5.41, 5.74) is 0.792. The molecule has 0 aliphatic rings. The minimum absolute atomic E-state index is 0.154. The summed E-state index contributed by atoms with van der Waals surface area (Å²) in [6.45, 7) is 3.63. The molecule has 1 rings (SSSR count). The van der Waals surface area contributed by atoms with Crippen LogP contribution in [0.5, 0.6) is 0 Å². The Kier molecular flexibility index (Phi) is 3.41. The number of ether oxygens (including phenoxy) is 1. The highest BCUT2D eigenvalue weighted by Crippen LogP contribution is 2.17. The topological polar surface area (TPSA) is 52.1 Å². The summed E-state index contributed by atoms with van der Waals surface area (Å²) in [5.74, 6) is 0.121. The third kappa shape index (κ3) is 2.01. The first-order valence-electron chi connectivity index (χ1n) is 4.21. The summed E-state index contributed by atoms with van der Waals surface area (Å²) in [5, 5.41) is 0.154. The molecule has 1 aromatic rings. The van der Waals surface area contributed by atoms with Crippen LogP contribution in [0.4, 0.5) is 0 Å². The minimum atomic E-state index is -0.504. The first kappa shape index (κ1) is 10.9. The van der Waals surface area contributed by atoms with E-state index in [1.165, 1.54) is 7.11 Å². The molecular formula is C9H11ClN2O2. The number of carbonyl (C=O) groups excluding carboxylic acids is 1. The lowest BCUT2D eigenvalue weighted by Gasteiger charge is -2.06. The van der Waals surface area contributed by atoms with Gasteiger partial charge in [-0.3, -0.25) is 0 Å². The third-order valence-corrected chi connectivity index (χ3v) is 2.07. The molecule has 0 atom stereocenters. The maximum Gasteiger partial charge on any atom is 0.342 e. The van der Waals surface area contributed by atoms with E-state index in [0.717, 1.165) is 0 Å². The monoisotopic (exact) mass is 214 g/mol. The molecule has 0 saturated heterocycles. The van der Waals surface area contributed by atoms with Gasteiger partial charge in [-0.15, -0.1) is 0 Å². The van der Waals surface area contributed by atoms with Gasteiger partial charge in [0.25, 0.3) is 0 Å². The summed E-state index contributed by atoms with van der Waals surface area (Å²) in [6.07, 6.45) is 0.683. The van der Waals surface area contributed by atoms with Crippen LogP contribution in [-0.4, -0.2) is 23.0 Å². The Morgan fingerprint density at radius 3 is 2.57 bits per heavy atom. The standard InChI is InChI=1S/C9H11ClN2O2/c1-4-6-11-5(2)7(8(10)12-6)9(13)14-3/h4H2,1-3H3. The molecule has 0 radical (unpaired) electrons. The van der Waals surface area contributed by atoms with Gasteiger partial charge in [-0.2, -0.15) is 0 Å². The molecule has 0 aliphatic heterocycles. The first-order valence-corrected chi connectivity index (χ1v) is 4.59. The predicted molar refractivity (Wildman–Crippen MR) is 52.5 cm³/mol. The molecule has 0 bridgehead atoms. The molecule has 0 amide bonds. The molecule has 76 valence electrons. The zero-order valence-corrected chi connectivity index (χ0v) is 9.05. The lowest BCUT2D eigenvalue weighted by Crippen LogP contribution is -2.09. The normalized spacial score (nSPS) is 10.0. The molecule has 0 saturated carbocycles. The largest absolute Gasteiger partial charge is 0.465 e. The van der Waals surface area contributed by atoms with Gasteiger partial charge >= 0.3 is 5.97 Å². The van der Waals surface area contributed by atoms with E-state index in [1.54, 1.807) is 6.92 Å². The van der Waals surface area contributed by atoms with Gasteiger partial charge in [-0.1, -0.05) is 18.5 Å². The molecule has 14 heavy (non-hydrogen) atoms. The van der Waals surface area contributed by atoms with Crippen molar-refractivity contribution in [1.29, 1.82) is 0 Å². The fraction of sp³-hybridized carbons (Fsp3) is 0.444. The zero-order chi connectivity index (χ0) is 10.7. The van der Waals surface area contributed by atoms with E-state index in [2.05, 4.69) is 14.7 Å². The quantitative estimate of drug-likeness (QED) is 0.556. The fourth-order valence-corrected chi connectivity index (χ4v) is 1.40. The van der Waals surface area contributed by atoms with Crippen LogP contribution in [0.3, 0.4) is 0 Å². The van der Waals surface area contributed by atoms with Crippen LogP contribution in [0, 0.1) is 6.92 Å². The average molecular weight is 215 g/mol. The van der Waals surface area contributed by atoms with E-state index in [4.69, 9.17) is 11.6 Å². The molecule has 0 aromatic carbocycles. The Bertz CT molecular complexity index is 343. The SMILES string of the molecule is CCc1nc(C)c(C(=O)OC)c(Cl)n1. The Morgan fingerprint density at radius 2 is 2.14 bits per heavy atom. The Hall–Kier alpha value is -1.16. The van der Waals surface area contributed by atoms with Crippen molar-refractivity contribution in [3.63, 3.8) is 0 Å². The van der Waals surface area contributed by atoms with Gasteiger partial charge in [0.15, 0.2) is 0 Å². The number of hydrogen-bond acceptors (Lipinski definition) is 4. The number of halogens is 1. The molecule has 4 nitrogen and oxygen atoms in total. The van der Waals surface area contributed by atoms with Crippen LogP contribution in [-0.2, 0) is 11.2 Å². The summed E-state index contributed by atoms with van der Waals surface area (Å²) < 4.78 is 4.57. The van der Waals surface area contributed by atoms with Gasteiger partial charge < -0.3 is 4.74 Å². The van der Waals surface area contributed by atoms with E-state index in [1.807, 2.05) is 6.92 Å². The third-order valence-electron chi connectivity index (χ3n) is 1.80. The van der Waals surface area contributed by atoms with Crippen LogP contribution >= 0.6 is 11.6 Å². The molecule has 0 spiro atoms. The Labute approximate surface area is 87.3 Å². The second kappa shape index (κ2) is 4.37. The van der Waals surface area contributed by atoms with Gasteiger partial charge in [-0.25, -0.2) is 14.8 Å². The average Bonchev–Trinajstić information content (AvgIpc) is 2.16. The van der Waals surface area contributed by atoms with Gasteiger partial charge in [0.1, 0.15) is 16.5 Å². The predicted octanol–water partition coefficient (Wildman–Crippen LogP) is 1.79. The molecule has 5 heteroatoms. The van der Waals surface area contributed by atoms with Crippen molar-refractivity contribution in [2.24, 2.45) is 0 Å². The van der Waals surface area contributed by atoms with Gasteiger partial charge in [0.2, 0.25) is 0 Å². The number of esters is 1. The summed E-state index contributed by atoms with van der Waals surface area (Å²) >= 11 is 5.84. The molecule has 0 fully saturated rings.